The second-order valence-corrected chi connectivity index (χ2v) is 7.30. The molecule has 8 nitrogen and oxygen atoms in total. The normalized spacial score (nSPS) is 14.4. The third-order valence-electron chi connectivity index (χ3n) is 4.80. The third kappa shape index (κ3) is 5.93. The lowest BCUT2D eigenvalue weighted by Crippen LogP contribution is -2.32. The van der Waals surface area contributed by atoms with E-state index in [0.717, 1.165) is 6.20 Å². The van der Waals surface area contributed by atoms with Crippen LogP contribution in [-0.2, 0) is 6.42 Å². The maximum atomic E-state index is 12.9. The predicted octanol–water partition coefficient (Wildman–Crippen LogP) is 2.64. The van der Waals surface area contributed by atoms with E-state index in [-0.39, 0.29) is 30.4 Å². The van der Waals surface area contributed by atoms with Gasteiger partial charge in [-0.15, -0.1) is 0 Å². The molecule has 0 aliphatic carbocycles. The molecule has 0 radical (unpaired) electrons. The van der Waals surface area contributed by atoms with Crippen LogP contribution in [0.5, 0.6) is 0 Å². The Morgan fingerprint density at radius 1 is 1.28 bits per heavy atom. The van der Waals surface area contributed by atoms with Crippen LogP contribution in [0.1, 0.15) is 22.3 Å². The highest BCUT2D eigenvalue weighted by Crippen LogP contribution is 2.36. The highest BCUT2D eigenvalue weighted by atomic mass is 19.4. The Morgan fingerprint density at radius 3 is 2.69 bits per heavy atom. The van der Waals surface area contributed by atoms with Crippen LogP contribution in [0.3, 0.4) is 0 Å². The molecule has 13 heteroatoms. The molecule has 1 aromatic carbocycles. The monoisotopic (exact) mass is 459 g/mol. The van der Waals surface area contributed by atoms with E-state index in [0.29, 0.717) is 23.4 Å². The Bertz CT molecular complexity index is 970. The van der Waals surface area contributed by atoms with Crippen molar-refractivity contribution in [2.24, 2.45) is 11.5 Å². The van der Waals surface area contributed by atoms with Crippen molar-refractivity contribution in [2.45, 2.75) is 31.5 Å². The number of carbonyl (C=O) groups is 1. The summed E-state index contributed by atoms with van der Waals surface area (Å²) in [5.74, 6) is -0.770. The Kier molecular flexibility index (Phi) is 6.96. The molecule has 0 spiro atoms. The molecule has 1 atom stereocenters. The van der Waals surface area contributed by atoms with E-state index < -0.39 is 37.5 Å². The third-order valence-corrected chi connectivity index (χ3v) is 4.80. The van der Waals surface area contributed by atoms with Crippen LogP contribution >= 0.6 is 0 Å². The van der Waals surface area contributed by atoms with Crippen LogP contribution in [0.2, 0.25) is 0 Å². The summed E-state index contributed by atoms with van der Waals surface area (Å²) in [7, 11) is 0. The fourth-order valence-corrected chi connectivity index (χ4v) is 3.40. The van der Waals surface area contributed by atoms with Gasteiger partial charge >= 0.3 is 6.18 Å². The Balaban J connectivity index is 1.83. The van der Waals surface area contributed by atoms with Crippen LogP contribution in [0.15, 0.2) is 24.4 Å². The van der Waals surface area contributed by atoms with Gasteiger partial charge in [0.25, 0.3) is 5.91 Å². The molecule has 1 aliphatic rings. The van der Waals surface area contributed by atoms with E-state index in [1.807, 2.05) is 0 Å². The fraction of sp³-hybridized carbons (Fsp3) is 0.421. The van der Waals surface area contributed by atoms with Gasteiger partial charge in [0.2, 0.25) is 12.4 Å². The summed E-state index contributed by atoms with van der Waals surface area (Å²) in [6, 6.07) is 3.98. The molecule has 1 aromatic heterocycles. The summed E-state index contributed by atoms with van der Waals surface area (Å²) in [6.07, 6.45) is -5.89. The van der Waals surface area contributed by atoms with Gasteiger partial charge in [-0.25, -0.2) is 13.8 Å². The van der Waals surface area contributed by atoms with Gasteiger partial charge in [-0.1, -0.05) is 6.07 Å². The number of hydrogen-bond donors (Lipinski definition) is 4. The first-order valence-electron chi connectivity index (χ1n) is 9.68. The van der Waals surface area contributed by atoms with E-state index in [4.69, 9.17) is 11.5 Å². The van der Waals surface area contributed by atoms with Gasteiger partial charge in [0.1, 0.15) is 17.9 Å². The zero-order chi connectivity index (χ0) is 23.5. The highest BCUT2D eigenvalue weighted by Gasteiger charge is 2.34. The maximum absolute atomic E-state index is 12.9. The van der Waals surface area contributed by atoms with Gasteiger partial charge in [-0.05, 0) is 18.6 Å². The summed E-state index contributed by atoms with van der Waals surface area (Å²) in [6.45, 7) is -0.919. The van der Waals surface area contributed by atoms with Crippen LogP contribution in [0.25, 0.3) is 0 Å². The molecular formula is C19H22F5N7O. The number of anilines is 4. The molecule has 3 rings (SSSR count). The van der Waals surface area contributed by atoms with Gasteiger partial charge in [0, 0.05) is 48.7 Å². The molecule has 174 valence electrons. The molecule has 0 saturated carbocycles. The summed E-state index contributed by atoms with van der Waals surface area (Å²) in [5.41, 5.74) is 12.5. The zero-order valence-electron chi connectivity index (χ0n) is 16.8. The van der Waals surface area contributed by atoms with E-state index >= 15 is 0 Å². The van der Waals surface area contributed by atoms with Crippen molar-refractivity contribution >= 4 is 29.0 Å². The number of carbonyl (C=O) groups excluding carboxylic acids is 1. The number of nitrogens with two attached hydrogens (primary N) is 2. The van der Waals surface area contributed by atoms with E-state index in [9.17, 15) is 26.7 Å². The molecule has 1 amide bonds. The smallest absolute Gasteiger partial charge is 0.365 e. The molecule has 0 bridgehead atoms. The molecule has 0 saturated heterocycles. The average molecular weight is 459 g/mol. The molecule has 0 fully saturated rings. The summed E-state index contributed by atoms with van der Waals surface area (Å²) >= 11 is 0. The summed E-state index contributed by atoms with van der Waals surface area (Å²) in [4.78, 5) is 21.1. The minimum Gasteiger partial charge on any atom is -0.365 e. The van der Waals surface area contributed by atoms with E-state index in [2.05, 4.69) is 20.6 Å². The predicted molar refractivity (Wildman–Crippen MR) is 109 cm³/mol. The van der Waals surface area contributed by atoms with Gasteiger partial charge in [-0.2, -0.15) is 18.2 Å². The lowest BCUT2D eigenvalue weighted by molar-refractivity contribution is -0.119. The molecular weight excluding hydrogens is 437 g/mol. The Labute approximate surface area is 180 Å². The molecule has 1 aliphatic heterocycles. The standard InChI is InChI=1S/C19H22F5N7O/c20-15(21)6-10(25)7-27-18-28-8-12(16(26)32)17(30-18)29-13-2-1-3-14-11(13)4-5-31(14)9-19(22,23)24/h1-3,8,10,15H,4-7,9,25H2,(H2,26,32)(H2,27,28,29,30)/t10-/m0/s1. The van der Waals surface area contributed by atoms with Gasteiger partial charge < -0.3 is 27.0 Å². The highest BCUT2D eigenvalue weighted by molar-refractivity contribution is 5.98. The largest absolute Gasteiger partial charge is 0.405 e. The summed E-state index contributed by atoms with van der Waals surface area (Å²) in [5, 5.41) is 5.67. The molecule has 0 unspecified atom stereocenters. The molecule has 2 heterocycles. The minimum atomic E-state index is -4.34. The number of hydrogen-bond acceptors (Lipinski definition) is 7. The minimum absolute atomic E-state index is 0.0218. The molecule has 2 aromatic rings. The van der Waals surface area contributed by atoms with Crippen LogP contribution < -0.4 is 27.0 Å². The van der Waals surface area contributed by atoms with E-state index in [1.54, 1.807) is 18.2 Å². The fourth-order valence-electron chi connectivity index (χ4n) is 3.40. The van der Waals surface area contributed by atoms with Crippen molar-refractivity contribution in [3.05, 3.63) is 35.5 Å². The first-order chi connectivity index (χ1) is 15.0. The van der Waals surface area contributed by atoms with Gasteiger partial charge in [-0.3, -0.25) is 4.79 Å². The van der Waals surface area contributed by atoms with Gasteiger partial charge in [0.05, 0.1) is 0 Å². The van der Waals surface area contributed by atoms with Crippen molar-refractivity contribution in [3.63, 3.8) is 0 Å². The second kappa shape index (κ2) is 9.51. The SMILES string of the molecule is NC(=O)c1cnc(NC[C@@H](N)CC(F)F)nc1Nc1cccc2c1CCN2CC(F)(F)F. The second-order valence-electron chi connectivity index (χ2n) is 7.30. The number of amides is 1. The average Bonchev–Trinajstić information content (AvgIpc) is 3.08. The zero-order valence-corrected chi connectivity index (χ0v) is 16.8. The van der Waals surface area contributed by atoms with E-state index in [1.165, 1.54) is 4.90 Å². The number of nitrogens with one attached hydrogen (secondary N) is 2. The number of rotatable bonds is 9. The number of benzene rings is 1. The van der Waals surface area contributed by atoms with Crippen molar-refractivity contribution < 1.29 is 26.7 Å². The topological polar surface area (TPSA) is 122 Å². The van der Waals surface area contributed by atoms with Crippen LogP contribution in [0.4, 0.5) is 45.1 Å². The van der Waals surface area contributed by atoms with Crippen molar-refractivity contribution in [1.82, 2.24) is 9.97 Å². The lowest BCUT2D eigenvalue weighted by atomic mass is 10.1. The number of halogens is 5. The number of fused-ring (bicyclic) bond motifs is 1. The van der Waals surface area contributed by atoms with Crippen LogP contribution in [-0.4, -0.2) is 54.2 Å². The maximum Gasteiger partial charge on any atom is 0.405 e. The first-order valence-corrected chi connectivity index (χ1v) is 9.68. The number of aromatic nitrogens is 2. The summed E-state index contributed by atoms with van der Waals surface area (Å²) < 4.78 is 63.4. The van der Waals surface area contributed by atoms with Gasteiger partial charge in [0.15, 0.2) is 0 Å². The number of alkyl halides is 5. The Hall–Kier alpha value is -3.22. The Morgan fingerprint density at radius 2 is 2.03 bits per heavy atom. The lowest BCUT2D eigenvalue weighted by Gasteiger charge is -2.21. The van der Waals surface area contributed by atoms with Crippen molar-refractivity contribution in [3.8, 4) is 0 Å². The van der Waals surface area contributed by atoms with Crippen LogP contribution in [0, 0.1) is 0 Å². The molecule has 6 N–H and O–H groups in total. The first kappa shape index (κ1) is 23.4. The van der Waals surface area contributed by atoms with Crippen molar-refractivity contribution in [2.75, 3.05) is 35.2 Å². The molecule has 32 heavy (non-hydrogen) atoms. The quantitative estimate of drug-likeness (QED) is 0.425. The number of primary amides is 1. The van der Waals surface area contributed by atoms with Crippen molar-refractivity contribution in [1.29, 1.82) is 0 Å². The number of nitrogens with zero attached hydrogens (tertiary/aromatic N) is 3.